The molecule has 4 unspecified atom stereocenters. The van der Waals surface area contributed by atoms with E-state index in [0.29, 0.717) is 50.0 Å². The molecule has 7 atom stereocenters. The van der Waals surface area contributed by atoms with Gasteiger partial charge in [-0.2, -0.15) is 4.37 Å². The Bertz CT molecular complexity index is 2430. The number of hydrogen-bond acceptors (Lipinski definition) is 24. The van der Waals surface area contributed by atoms with Gasteiger partial charge in [-0.25, -0.2) is 31.1 Å². The van der Waals surface area contributed by atoms with Gasteiger partial charge in [0.2, 0.25) is 5.82 Å². The molecular weight excluding hydrogens is 1000 g/mol. The highest BCUT2D eigenvalue weighted by molar-refractivity contribution is 7.95. The molecule has 70 heavy (non-hydrogen) atoms. The lowest BCUT2D eigenvalue weighted by atomic mass is 10.0. The maximum Gasteiger partial charge on any atom is 0.347 e. The minimum Gasteiger partial charge on any atom is -0.470 e. The van der Waals surface area contributed by atoms with Crippen molar-refractivity contribution in [2.24, 2.45) is 0 Å². The first-order valence-electron chi connectivity index (χ1n) is 22.5. The summed E-state index contributed by atoms with van der Waals surface area (Å²) < 4.78 is 99.8. The molecular formula is C42H62N6O18S4. The molecule has 392 valence electrons. The first-order valence-corrected chi connectivity index (χ1v) is 27.0. The molecule has 0 aliphatic carbocycles. The Hall–Kier alpha value is -5.03. The van der Waals surface area contributed by atoms with Gasteiger partial charge in [0.25, 0.3) is 27.7 Å². The molecule has 0 saturated carbocycles. The fraction of sp³-hybridized carbons (Fsp3) is 0.690. The number of esters is 5. The summed E-state index contributed by atoms with van der Waals surface area (Å²) >= 11 is 1.40. The number of aromatic nitrogens is 2. The monoisotopic (exact) mass is 1070 g/mol. The van der Waals surface area contributed by atoms with Crippen LogP contribution in [0.3, 0.4) is 0 Å². The Morgan fingerprint density at radius 3 is 2.06 bits per heavy atom. The summed E-state index contributed by atoms with van der Waals surface area (Å²) in [5.74, 6) is -6.24. The summed E-state index contributed by atoms with van der Waals surface area (Å²) in [6.45, 7) is 16.8. The van der Waals surface area contributed by atoms with Crippen molar-refractivity contribution < 1.29 is 83.6 Å². The highest BCUT2D eigenvalue weighted by Gasteiger charge is 2.41. The maximum absolute atomic E-state index is 13.6. The normalized spacial score (nSPS) is 18.9. The SMILES string of the molecule is CCN[C@H]1C[C@H](C)S(=O)(=O)c2sc(S(=O)(=O)NC(=O)C(C)OC(=O)C(C)OC(=O)C(C)OC(=O)CCC(=O)O[C@H](COc3nsnc3N3CCOCC3)CN(C(=O)C(C)OC(=O)CC)C(C)(C)C)cc21. The van der Waals surface area contributed by atoms with Crippen LogP contribution in [-0.4, -0.2) is 159 Å². The summed E-state index contributed by atoms with van der Waals surface area (Å²) in [4.78, 5) is 93.5. The van der Waals surface area contributed by atoms with Gasteiger partial charge in [-0.3, -0.25) is 24.0 Å². The van der Waals surface area contributed by atoms with E-state index in [0.717, 1.165) is 32.5 Å². The van der Waals surface area contributed by atoms with E-state index in [1.807, 2.05) is 11.8 Å². The van der Waals surface area contributed by atoms with Crippen molar-refractivity contribution in [1.29, 1.82) is 0 Å². The molecule has 2 aliphatic rings. The number of amides is 2. The van der Waals surface area contributed by atoms with Crippen LogP contribution < -0.4 is 19.7 Å². The zero-order valence-electron chi connectivity index (χ0n) is 40.7. The van der Waals surface area contributed by atoms with Crippen molar-refractivity contribution >= 4 is 90.4 Å². The van der Waals surface area contributed by atoms with Crippen molar-refractivity contribution in [2.75, 3.05) is 50.9 Å². The van der Waals surface area contributed by atoms with Crippen molar-refractivity contribution in [1.82, 2.24) is 23.7 Å². The number of anilines is 1. The molecule has 24 nitrogen and oxygen atoms in total. The lowest BCUT2D eigenvalue weighted by Crippen LogP contribution is -2.54. The van der Waals surface area contributed by atoms with Gasteiger partial charge in [-0.15, -0.1) is 15.7 Å². The molecule has 0 spiro atoms. The summed E-state index contributed by atoms with van der Waals surface area (Å²) in [5, 5.41) is 2.36. The Morgan fingerprint density at radius 1 is 0.871 bits per heavy atom. The highest BCUT2D eigenvalue weighted by atomic mass is 32.3. The van der Waals surface area contributed by atoms with Gasteiger partial charge in [0.05, 0.1) is 49.6 Å². The van der Waals surface area contributed by atoms with Gasteiger partial charge in [0.15, 0.2) is 40.4 Å². The molecule has 4 rings (SSSR count). The van der Waals surface area contributed by atoms with Gasteiger partial charge in [0, 0.05) is 36.7 Å². The molecule has 2 aromatic rings. The quantitative estimate of drug-likeness (QED) is 0.119. The van der Waals surface area contributed by atoms with Crippen molar-refractivity contribution in [3.8, 4) is 5.88 Å². The van der Waals surface area contributed by atoms with Gasteiger partial charge in [-0.05, 0) is 74.4 Å². The maximum atomic E-state index is 13.6. The van der Waals surface area contributed by atoms with Crippen LogP contribution in [0, 0.1) is 0 Å². The minimum absolute atomic E-state index is 0.0418. The summed E-state index contributed by atoms with van der Waals surface area (Å²) in [7, 11) is -8.45. The van der Waals surface area contributed by atoms with E-state index in [-0.39, 0.29) is 41.6 Å². The first kappa shape index (κ1) is 57.5. The number of carbonyl (C=O) groups excluding carboxylic acids is 7. The van der Waals surface area contributed by atoms with E-state index >= 15 is 0 Å². The third-order valence-corrected chi connectivity index (χ3v) is 16.9. The van der Waals surface area contributed by atoms with Crippen LogP contribution in [0.2, 0.25) is 0 Å². The number of morpholine rings is 1. The minimum atomic E-state index is -4.63. The van der Waals surface area contributed by atoms with Gasteiger partial charge in [0.1, 0.15) is 15.0 Å². The molecule has 1 saturated heterocycles. The van der Waals surface area contributed by atoms with E-state index in [4.69, 9.17) is 33.2 Å². The van der Waals surface area contributed by atoms with Crippen LogP contribution in [-0.2, 0) is 81.8 Å². The zero-order valence-corrected chi connectivity index (χ0v) is 43.9. The number of fused-ring (bicyclic) bond motifs is 1. The molecule has 1 fully saturated rings. The Labute approximate surface area is 415 Å². The molecule has 0 radical (unpaired) electrons. The largest absolute Gasteiger partial charge is 0.470 e. The smallest absolute Gasteiger partial charge is 0.347 e. The molecule has 28 heteroatoms. The van der Waals surface area contributed by atoms with Crippen molar-refractivity contribution in [2.45, 2.75) is 151 Å². The summed E-state index contributed by atoms with van der Waals surface area (Å²) in [5.41, 5.74) is -0.602. The standard InChI is InChI=1S/C42H62N6O18S4/c1-11-31(49)62-25(5)38(53)48(42(8,9)10)21-28(22-61-37-35(44-68-45-37)47-15-17-60-18-16-47)66-33(51)14-13-32(50)63-26(6)39(54)65-27(7)40(55)64-24(4)36(52)46-70(58,59)34-20-29-30(43-12-2)19-23(3)69(56,57)41(29)67-34/h20,23-28,30,43H,11-19,21-22H2,1-10H3,(H,46,52)/t23-,24?,25?,26?,27?,28-,30-/m0/s1. The van der Waals surface area contributed by atoms with Gasteiger partial charge >= 0.3 is 29.8 Å². The lowest BCUT2D eigenvalue weighted by molar-refractivity contribution is -0.179. The second-order valence-corrected chi connectivity index (χ2v) is 23.3. The van der Waals surface area contributed by atoms with Crippen LogP contribution in [0.5, 0.6) is 5.88 Å². The first-order chi connectivity index (χ1) is 32.7. The second kappa shape index (κ2) is 24.9. The van der Waals surface area contributed by atoms with Crippen LogP contribution in [0.1, 0.15) is 107 Å². The van der Waals surface area contributed by atoms with E-state index in [2.05, 4.69) is 14.1 Å². The Morgan fingerprint density at radius 2 is 1.46 bits per heavy atom. The Kier molecular flexibility index (Phi) is 20.5. The average Bonchev–Trinajstić information content (AvgIpc) is 3.97. The fourth-order valence-electron chi connectivity index (χ4n) is 6.81. The van der Waals surface area contributed by atoms with Gasteiger partial charge < -0.3 is 48.3 Å². The molecule has 2 amide bonds. The predicted molar refractivity (Wildman–Crippen MR) is 249 cm³/mol. The number of ether oxygens (including phenoxy) is 7. The highest BCUT2D eigenvalue weighted by Crippen LogP contribution is 2.42. The van der Waals surface area contributed by atoms with Crippen LogP contribution in [0.4, 0.5) is 5.82 Å². The third kappa shape index (κ3) is 15.5. The molecule has 4 heterocycles. The molecule has 2 N–H and O–H groups in total. The topological polar surface area (TPSA) is 309 Å². The molecule has 2 aromatic heterocycles. The molecule has 0 aromatic carbocycles. The second-order valence-electron chi connectivity index (χ2n) is 17.3. The number of hydrogen-bond donors (Lipinski definition) is 2. The van der Waals surface area contributed by atoms with Crippen LogP contribution in [0.25, 0.3) is 0 Å². The van der Waals surface area contributed by atoms with E-state index in [9.17, 15) is 50.4 Å². The number of rotatable bonds is 23. The number of sulfone groups is 1. The lowest BCUT2D eigenvalue weighted by Gasteiger charge is -2.39. The molecule has 2 aliphatic heterocycles. The van der Waals surface area contributed by atoms with Gasteiger partial charge in [-0.1, -0.05) is 13.8 Å². The van der Waals surface area contributed by atoms with E-state index < -0.39 is 126 Å². The number of carbonyl (C=O) groups is 7. The number of nitrogens with one attached hydrogen (secondary N) is 2. The zero-order chi connectivity index (χ0) is 52.3. The summed E-state index contributed by atoms with van der Waals surface area (Å²) in [6.07, 6.45) is -8.22. The Balaban J connectivity index is 1.31. The number of thiophene rings is 1. The number of sulfonamides is 1. The fourth-order valence-corrected chi connectivity index (χ4v) is 12.4. The van der Waals surface area contributed by atoms with E-state index in [1.165, 1.54) is 24.8 Å². The molecule has 0 bridgehead atoms. The van der Waals surface area contributed by atoms with Crippen LogP contribution >= 0.6 is 23.1 Å². The van der Waals surface area contributed by atoms with Crippen molar-refractivity contribution in [3.63, 3.8) is 0 Å². The number of nitrogens with zero attached hydrogens (tertiary/aromatic N) is 4. The van der Waals surface area contributed by atoms with Crippen molar-refractivity contribution in [3.05, 3.63) is 11.6 Å². The third-order valence-electron chi connectivity index (χ3n) is 10.7. The van der Waals surface area contributed by atoms with E-state index in [1.54, 1.807) is 32.4 Å². The predicted octanol–water partition coefficient (Wildman–Crippen LogP) is 1.99. The summed E-state index contributed by atoms with van der Waals surface area (Å²) in [6, 6.07) is 0.752. The van der Waals surface area contributed by atoms with Crippen LogP contribution in [0.15, 0.2) is 14.5 Å². The average molecular weight is 1070 g/mol.